The molecule has 2 unspecified atom stereocenters. The smallest absolute Gasteiger partial charge is 0.137 e. The molecule has 2 saturated heterocycles. The maximum atomic E-state index is 11.0. The van der Waals surface area contributed by atoms with Crippen LogP contribution in [0.3, 0.4) is 0 Å². The van der Waals surface area contributed by atoms with Crippen molar-refractivity contribution >= 4 is 0 Å². The maximum absolute atomic E-state index is 11.0. The molecule has 4 nitrogen and oxygen atoms in total. The predicted octanol–water partition coefficient (Wildman–Crippen LogP) is 1.54. The fourth-order valence-corrected chi connectivity index (χ4v) is 3.38. The molecule has 3 rings (SSSR count). The van der Waals surface area contributed by atoms with Crippen molar-refractivity contribution in [1.82, 2.24) is 9.88 Å². The van der Waals surface area contributed by atoms with E-state index in [9.17, 15) is 5.11 Å². The van der Waals surface area contributed by atoms with Gasteiger partial charge in [-0.1, -0.05) is 6.42 Å². The zero-order valence-electron chi connectivity index (χ0n) is 10.8. The highest BCUT2D eigenvalue weighted by Crippen LogP contribution is 2.42. The minimum absolute atomic E-state index is 0.250. The topological polar surface area (TPSA) is 45.6 Å². The van der Waals surface area contributed by atoms with Crippen molar-refractivity contribution in [3.63, 3.8) is 0 Å². The summed E-state index contributed by atoms with van der Waals surface area (Å²) in [5, 5.41) is 11.0. The molecule has 1 N–H and O–H groups in total. The number of aliphatic hydroxyl groups is 1. The van der Waals surface area contributed by atoms with E-state index >= 15 is 0 Å². The van der Waals surface area contributed by atoms with Crippen LogP contribution in [0.15, 0.2) is 18.5 Å². The molecular formula is C14H20N2O2. The Bertz CT molecular complexity index is 438. The summed E-state index contributed by atoms with van der Waals surface area (Å²) in [7, 11) is 1.63. The highest BCUT2D eigenvalue weighted by molar-refractivity contribution is 5.31. The highest BCUT2D eigenvalue weighted by Gasteiger charge is 2.48. The minimum atomic E-state index is -0.748. The van der Waals surface area contributed by atoms with E-state index in [1.54, 1.807) is 19.5 Å². The van der Waals surface area contributed by atoms with Gasteiger partial charge in [0.2, 0.25) is 0 Å². The van der Waals surface area contributed by atoms with Crippen LogP contribution in [-0.2, 0) is 5.60 Å². The summed E-state index contributed by atoms with van der Waals surface area (Å²) in [6.45, 7) is 2.10. The van der Waals surface area contributed by atoms with Gasteiger partial charge >= 0.3 is 0 Å². The van der Waals surface area contributed by atoms with Gasteiger partial charge in [0.1, 0.15) is 11.4 Å². The van der Waals surface area contributed by atoms with E-state index in [0.29, 0.717) is 0 Å². The first-order valence-electron chi connectivity index (χ1n) is 6.70. The second-order valence-corrected chi connectivity index (χ2v) is 5.34. The number of fused-ring (bicyclic) bond motifs is 1. The fourth-order valence-electron chi connectivity index (χ4n) is 3.38. The SMILES string of the molecule is COc1cncc(C2(O)CCN3CCCCC32)c1. The lowest BCUT2D eigenvalue weighted by Crippen LogP contribution is -2.45. The van der Waals surface area contributed by atoms with Crippen molar-refractivity contribution < 1.29 is 9.84 Å². The van der Waals surface area contributed by atoms with Crippen molar-refractivity contribution in [2.24, 2.45) is 0 Å². The number of hydrogen-bond donors (Lipinski definition) is 1. The molecule has 4 heteroatoms. The van der Waals surface area contributed by atoms with E-state index in [2.05, 4.69) is 9.88 Å². The van der Waals surface area contributed by atoms with Gasteiger partial charge in [-0.3, -0.25) is 9.88 Å². The first-order chi connectivity index (χ1) is 8.74. The molecule has 2 atom stereocenters. The Morgan fingerprint density at radius 1 is 1.39 bits per heavy atom. The summed E-state index contributed by atoms with van der Waals surface area (Å²) < 4.78 is 5.21. The molecule has 1 aromatic rings. The van der Waals surface area contributed by atoms with Crippen LogP contribution in [0.1, 0.15) is 31.2 Å². The van der Waals surface area contributed by atoms with Gasteiger partial charge in [-0.15, -0.1) is 0 Å². The molecule has 0 aromatic carbocycles. The maximum Gasteiger partial charge on any atom is 0.137 e. The normalized spacial score (nSPS) is 32.2. The Kier molecular flexibility index (Phi) is 2.99. The number of ether oxygens (including phenoxy) is 1. The van der Waals surface area contributed by atoms with E-state index in [1.807, 2.05) is 6.07 Å². The van der Waals surface area contributed by atoms with Crippen molar-refractivity contribution in [3.05, 3.63) is 24.0 Å². The zero-order valence-corrected chi connectivity index (χ0v) is 10.8. The average Bonchev–Trinajstić information content (AvgIpc) is 2.79. The third kappa shape index (κ3) is 1.80. The molecule has 18 heavy (non-hydrogen) atoms. The molecule has 2 aliphatic heterocycles. The minimum Gasteiger partial charge on any atom is -0.495 e. The number of pyridine rings is 1. The van der Waals surface area contributed by atoms with Gasteiger partial charge in [0.05, 0.1) is 13.3 Å². The van der Waals surface area contributed by atoms with Crippen molar-refractivity contribution in [2.75, 3.05) is 20.2 Å². The van der Waals surface area contributed by atoms with Crippen LogP contribution in [0.2, 0.25) is 0 Å². The van der Waals surface area contributed by atoms with Crippen molar-refractivity contribution in [3.8, 4) is 5.75 Å². The molecule has 0 bridgehead atoms. The summed E-state index contributed by atoms with van der Waals surface area (Å²) in [5.74, 6) is 0.718. The molecule has 0 radical (unpaired) electrons. The third-order valence-electron chi connectivity index (χ3n) is 4.39. The quantitative estimate of drug-likeness (QED) is 0.862. The zero-order chi connectivity index (χ0) is 12.6. The molecule has 0 saturated carbocycles. The number of nitrogens with zero attached hydrogens (tertiary/aromatic N) is 2. The predicted molar refractivity (Wildman–Crippen MR) is 68.5 cm³/mol. The van der Waals surface area contributed by atoms with Gasteiger partial charge in [-0.2, -0.15) is 0 Å². The number of rotatable bonds is 2. The number of methoxy groups -OCH3 is 1. The van der Waals surface area contributed by atoms with E-state index in [4.69, 9.17) is 4.74 Å². The lowest BCUT2D eigenvalue weighted by Gasteiger charge is -2.37. The first-order valence-corrected chi connectivity index (χ1v) is 6.70. The summed E-state index contributed by atoms with van der Waals surface area (Å²) in [5.41, 5.74) is 0.151. The molecular weight excluding hydrogens is 228 g/mol. The van der Waals surface area contributed by atoms with E-state index in [1.165, 1.54) is 12.8 Å². The molecule has 3 heterocycles. The summed E-state index contributed by atoms with van der Waals surface area (Å²) in [6.07, 6.45) is 7.80. The Hall–Kier alpha value is -1.13. The molecule has 0 spiro atoms. The van der Waals surface area contributed by atoms with Crippen molar-refractivity contribution in [1.29, 1.82) is 0 Å². The van der Waals surface area contributed by atoms with Crippen molar-refractivity contribution in [2.45, 2.75) is 37.3 Å². The Morgan fingerprint density at radius 2 is 2.28 bits per heavy atom. The fraction of sp³-hybridized carbons (Fsp3) is 0.643. The molecule has 2 aliphatic rings. The summed E-state index contributed by atoms with van der Waals surface area (Å²) >= 11 is 0. The van der Waals surface area contributed by atoms with E-state index in [0.717, 1.165) is 37.2 Å². The number of aromatic nitrogens is 1. The highest BCUT2D eigenvalue weighted by atomic mass is 16.5. The Balaban J connectivity index is 1.93. The van der Waals surface area contributed by atoms with E-state index in [-0.39, 0.29) is 6.04 Å². The van der Waals surface area contributed by atoms with Gasteiger partial charge in [-0.25, -0.2) is 0 Å². The van der Waals surface area contributed by atoms with Gasteiger partial charge < -0.3 is 9.84 Å². The average molecular weight is 248 g/mol. The van der Waals surface area contributed by atoms with Gasteiger partial charge in [0, 0.05) is 24.3 Å². The van der Waals surface area contributed by atoms with Gasteiger partial charge in [0.15, 0.2) is 0 Å². The Morgan fingerprint density at radius 3 is 3.11 bits per heavy atom. The second-order valence-electron chi connectivity index (χ2n) is 5.34. The number of hydrogen-bond acceptors (Lipinski definition) is 4. The van der Waals surface area contributed by atoms with Crippen LogP contribution >= 0.6 is 0 Å². The van der Waals surface area contributed by atoms with Crippen LogP contribution in [0.5, 0.6) is 5.75 Å². The van der Waals surface area contributed by atoms with Crippen LogP contribution in [0.25, 0.3) is 0 Å². The molecule has 2 fully saturated rings. The lowest BCUT2D eigenvalue weighted by molar-refractivity contribution is -0.0142. The largest absolute Gasteiger partial charge is 0.495 e. The lowest BCUT2D eigenvalue weighted by atomic mass is 9.83. The number of piperidine rings is 1. The third-order valence-corrected chi connectivity index (χ3v) is 4.39. The van der Waals surface area contributed by atoms with Crippen LogP contribution in [0.4, 0.5) is 0 Å². The van der Waals surface area contributed by atoms with Gasteiger partial charge in [-0.05, 0) is 31.9 Å². The molecule has 1 aromatic heterocycles. The standard InChI is InChI=1S/C14H20N2O2/c1-18-12-8-11(9-15-10-12)14(17)5-7-16-6-3-2-4-13(14)16/h8-10,13,17H,2-7H2,1H3. The second kappa shape index (κ2) is 4.52. The molecule has 0 aliphatic carbocycles. The van der Waals surface area contributed by atoms with Crippen LogP contribution in [0, 0.1) is 0 Å². The summed E-state index contributed by atoms with van der Waals surface area (Å²) in [4.78, 5) is 6.60. The molecule has 98 valence electrons. The first kappa shape index (κ1) is 11.9. The van der Waals surface area contributed by atoms with Crippen LogP contribution in [-0.4, -0.2) is 41.2 Å². The summed E-state index contributed by atoms with van der Waals surface area (Å²) in [6, 6.07) is 2.17. The molecule has 0 amide bonds. The van der Waals surface area contributed by atoms with E-state index < -0.39 is 5.60 Å². The van der Waals surface area contributed by atoms with Crippen LogP contribution < -0.4 is 4.74 Å². The monoisotopic (exact) mass is 248 g/mol. The Labute approximate surface area is 108 Å². The van der Waals surface area contributed by atoms with Gasteiger partial charge in [0.25, 0.3) is 0 Å².